The summed E-state index contributed by atoms with van der Waals surface area (Å²) in [6.45, 7) is 2.39. The summed E-state index contributed by atoms with van der Waals surface area (Å²) in [4.78, 5) is 31.0. The minimum Gasteiger partial charge on any atom is -0.353 e. The van der Waals surface area contributed by atoms with Crippen molar-refractivity contribution in [1.29, 1.82) is 0 Å². The number of aromatic nitrogens is 1. The van der Waals surface area contributed by atoms with E-state index in [2.05, 4.69) is 27.6 Å². The Balaban J connectivity index is 1.98. The molecule has 0 unspecified atom stereocenters. The average molecular weight is 488 g/mol. The number of Topliss-reactive ketones (excluding diaryl/α,β-unsaturated/α-hetero) is 1. The molecular formula is C21H17IN2O2S. The number of likely N-dealkylation sites (N-methyl/N-ethyl adjacent to an activating group) is 1. The second-order valence-electron chi connectivity index (χ2n) is 6.15. The summed E-state index contributed by atoms with van der Waals surface area (Å²) >= 11 is 3.67. The van der Waals surface area contributed by atoms with E-state index in [1.54, 1.807) is 16.2 Å². The number of carbonyl (C=O) groups is 2. The van der Waals surface area contributed by atoms with Crippen LogP contribution in [0.25, 0.3) is 31.6 Å². The number of carbonyl (C=O) groups excluding carboxylic acids is 2. The highest BCUT2D eigenvalue weighted by Gasteiger charge is 2.29. The Kier molecular flexibility index (Phi) is 5.01. The summed E-state index contributed by atoms with van der Waals surface area (Å²) in [6.07, 6.45) is 0. The lowest BCUT2D eigenvalue weighted by atomic mass is 10.0. The zero-order valence-corrected chi connectivity index (χ0v) is 17.6. The standard InChI is InChI=1S/C21H17IN2O2S/c1-2-24(12-22)21(26)19(25)16-17(13-8-4-3-5-9-13)23-18-14-10-6-7-11-15(14)27-20(16)18/h3-11,23H,2,12H2,1H3. The van der Waals surface area contributed by atoms with Crippen molar-refractivity contribution in [1.82, 2.24) is 9.88 Å². The predicted molar refractivity (Wildman–Crippen MR) is 120 cm³/mol. The van der Waals surface area contributed by atoms with Crippen molar-refractivity contribution < 1.29 is 9.59 Å². The fourth-order valence-corrected chi connectivity index (χ4v) is 5.22. The van der Waals surface area contributed by atoms with E-state index in [9.17, 15) is 9.59 Å². The number of thiophene rings is 1. The van der Waals surface area contributed by atoms with Gasteiger partial charge in [0, 0.05) is 16.6 Å². The van der Waals surface area contributed by atoms with Gasteiger partial charge in [-0.3, -0.25) is 9.59 Å². The molecule has 0 fully saturated rings. The van der Waals surface area contributed by atoms with Crippen molar-refractivity contribution in [2.45, 2.75) is 6.92 Å². The van der Waals surface area contributed by atoms with Crippen LogP contribution >= 0.6 is 33.9 Å². The molecule has 0 radical (unpaired) electrons. The van der Waals surface area contributed by atoms with Gasteiger partial charge in [-0.2, -0.15) is 0 Å². The Morgan fingerprint density at radius 3 is 2.48 bits per heavy atom. The quantitative estimate of drug-likeness (QED) is 0.133. The Morgan fingerprint density at radius 1 is 1.07 bits per heavy atom. The van der Waals surface area contributed by atoms with Gasteiger partial charge in [0.05, 0.1) is 26.0 Å². The lowest BCUT2D eigenvalue weighted by Crippen LogP contribution is -2.35. The first-order valence-corrected chi connectivity index (χ1v) is 11.0. The molecule has 1 amide bonds. The van der Waals surface area contributed by atoms with Crippen LogP contribution in [0.2, 0.25) is 0 Å². The summed E-state index contributed by atoms with van der Waals surface area (Å²) in [5.41, 5.74) is 3.01. The maximum atomic E-state index is 13.2. The fraction of sp³-hybridized carbons (Fsp3) is 0.143. The van der Waals surface area contributed by atoms with E-state index in [0.717, 1.165) is 25.9 Å². The van der Waals surface area contributed by atoms with Crippen LogP contribution in [0.1, 0.15) is 17.3 Å². The first kappa shape index (κ1) is 18.2. The Labute approximate surface area is 174 Å². The van der Waals surface area contributed by atoms with Crippen LogP contribution < -0.4 is 0 Å². The molecular weight excluding hydrogens is 471 g/mol. The predicted octanol–water partition coefficient (Wildman–Crippen LogP) is 5.47. The first-order valence-electron chi connectivity index (χ1n) is 8.63. The minimum atomic E-state index is -0.456. The highest BCUT2D eigenvalue weighted by Crippen LogP contribution is 2.40. The normalized spacial score (nSPS) is 11.2. The number of hydrogen-bond donors (Lipinski definition) is 1. The van der Waals surface area contributed by atoms with Gasteiger partial charge in [0.2, 0.25) is 0 Å². The zero-order chi connectivity index (χ0) is 19.0. The van der Waals surface area contributed by atoms with E-state index in [4.69, 9.17) is 0 Å². The van der Waals surface area contributed by atoms with E-state index in [1.807, 2.05) is 61.5 Å². The second-order valence-corrected chi connectivity index (χ2v) is 7.89. The lowest BCUT2D eigenvalue weighted by molar-refractivity contribution is -0.125. The number of nitrogens with zero attached hydrogens (tertiary/aromatic N) is 1. The monoisotopic (exact) mass is 488 g/mol. The molecule has 4 rings (SSSR count). The maximum Gasteiger partial charge on any atom is 0.295 e. The van der Waals surface area contributed by atoms with Crippen LogP contribution in [0.5, 0.6) is 0 Å². The molecule has 0 aliphatic rings. The number of benzene rings is 2. The maximum absolute atomic E-state index is 13.2. The summed E-state index contributed by atoms with van der Waals surface area (Å²) < 4.78 is 2.43. The Morgan fingerprint density at radius 2 is 1.78 bits per heavy atom. The number of hydrogen-bond acceptors (Lipinski definition) is 3. The van der Waals surface area contributed by atoms with Gasteiger partial charge in [0.1, 0.15) is 0 Å². The Hall–Kier alpha value is -2.19. The van der Waals surface area contributed by atoms with Crippen LogP contribution in [0.3, 0.4) is 0 Å². The summed E-state index contributed by atoms with van der Waals surface area (Å²) in [6, 6.07) is 17.8. The second kappa shape index (κ2) is 7.44. The molecule has 0 saturated heterocycles. The number of halogens is 1. The van der Waals surface area contributed by atoms with Crippen LogP contribution in [0.4, 0.5) is 0 Å². The van der Waals surface area contributed by atoms with Crippen molar-refractivity contribution in [2.75, 3.05) is 11.1 Å². The molecule has 6 heteroatoms. The molecule has 0 bridgehead atoms. The zero-order valence-electron chi connectivity index (χ0n) is 14.7. The molecule has 27 heavy (non-hydrogen) atoms. The first-order chi connectivity index (χ1) is 13.2. The van der Waals surface area contributed by atoms with E-state index in [-0.39, 0.29) is 0 Å². The molecule has 0 aliphatic carbocycles. The molecule has 136 valence electrons. The van der Waals surface area contributed by atoms with Gasteiger partial charge in [0.15, 0.2) is 0 Å². The lowest BCUT2D eigenvalue weighted by Gasteiger charge is -2.16. The Bertz CT molecular complexity index is 1140. The van der Waals surface area contributed by atoms with E-state index in [1.165, 1.54) is 0 Å². The summed E-state index contributed by atoms with van der Waals surface area (Å²) in [5.74, 6) is -0.910. The van der Waals surface area contributed by atoms with Gasteiger partial charge in [-0.15, -0.1) is 11.3 Å². The van der Waals surface area contributed by atoms with Gasteiger partial charge in [-0.05, 0) is 18.6 Å². The smallest absolute Gasteiger partial charge is 0.295 e. The average Bonchev–Trinajstić information content (AvgIpc) is 3.25. The number of nitrogens with one attached hydrogen (secondary N) is 1. The highest BCUT2D eigenvalue weighted by molar-refractivity contribution is 14.1. The number of amides is 1. The molecule has 1 N–H and O–H groups in total. The fourth-order valence-electron chi connectivity index (χ4n) is 3.22. The van der Waals surface area contributed by atoms with Gasteiger partial charge in [0.25, 0.3) is 11.7 Å². The van der Waals surface area contributed by atoms with Crippen LogP contribution in [-0.2, 0) is 4.79 Å². The molecule has 4 aromatic rings. The van der Waals surface area contributed by atoms with E-state index < -0.39 is 11.7 Å². The molecule has 2 heterocycles. The van der Waals surface area contributed by atoms with Gasteiger partial charge < -0.3 is 9.88 Å². The molecule has 0 aliphatic heterocycles. The third-order valence-corrected chi connectivity index (χ3v) is 6.63. The molecule has 2 aromatic heterocycles. The van der Waals surface area contributed by atoms with Gasteiger partial charge in [-0.25, -0.2) is 0 Å². The largest absolute Gasteiger partial charge is 0.353 e. The number of rotatable bonds is 5. The number of H-pyrrole nitrogens is 1. The topological polar surface area (TPSA) is 53.2 Å². The third kappa shape index (κ3) is 3.06. The summed E-state index contributed by atoms with van der Waals surface area (Å²) in [7, 11) is 0. The number of ketones is 1. The molecule has 4 nitrogen and oxygen atoms in total. The van der Waals surface area contributed by atoms with E-state index in [0.29, 0.717) is 22.4 Å². The molecule has 0 atom stereocenters. The molecule has 0 saturated carbocycles. The van der Waals surface area contributed by atoms with Crippen molar-refractivity contribution in [3.05, 3.63) is 60.2 Å². The summed E-state index contributed by atoms with van der Waals surface area (Å²) in [5, 5.41) is 1.07. The third-order valence-electron chi connectivity index (χ3n) is 4.62. The van der Waals surface area contributed by atoms with Crippen LogP contribution in [0.15, 0.2) is 54.6 Å². The van der Waals surface area contributed by atoms with Gasteiger partial charge in [-0.1, -0.05) is 71.1 Å². The highest BCUT2D eigenvalue weighted by atomic mass is 127. The number of fused-ring (bicyclic) bond motifs is 3. The number of aromatic amines is 1. The van der Waals surface area contributed by atoms with Crippen LogP contribution in [0, 0.1) is 0 Å². The van der Waals surface area contributed by atoms with Crippen molar-refractivity contribution in [3.63, 3.8) is 0 Å². The van der Waals surface area contributed by atoms with Gasteiger partial charge >= 0.3 is 0 Å². The molecule has 0 spiro atoms. The SMILES string of the molecule is CCN(CI)C(=O)C(=O)c1c(-c2ccccc2)[nH]c2c1sc1ccccc12. The minimum absolute atomic E-state index is 0.454. The van der Waals surface area contributed by atoms with E-state index >= 15 is 0 Å². The van der Waals surface area contributed by atoms with Crippen LogP contribution in [-0.4, -0.2) is 32.7 Å². The molecule has 2 aromatic carbocycles. The number of alkyl halides is 1. The van der Waals surface area contributed by atoms with Crippen molar-refractivity contribution >= 4 is 65.9 Å². The van der Waals surface area contributed by atoms with Crippen molar-refractivity contribution in [3.8, 4) is 11.3 Å². The van der Waals surface area contributed by atoms with Crippen molar-refractivity contribution in [2.24, 2.45) is 0 Å².